The number of aromatic nitrogens is 10. The Kier molecular flexibility index (Phi) is 12.8. The van der Waals surface area contributed by atoms with E-state index in [2.05, 4.69) is 65.7 Å². The van der Waals surface area contributed by atoms with Crippen molar-refractivity contribution < 1.29 is 19.1 Å². The number of ketones is 1. The highest BCUT2D eigenvalue weighted by Crippen LogP contribution is 2.40. The summed E-state index contributed by atoms with van der Waals surface area (Å²) in [6.45, 7) is 4.64. The Balaban J connectivity index is 0.916. The van der Waals surface area contributed by atoms with E-state index in [1.54, 1.807) is 78.7 Å². The predicted octanol–water partition coefficient (Wildman–Crippen LogP) is 7.59. The molecule has 1 aliphatic carbocycles. The molecular formula is C54H52N14O6. The lowest BCUT2D eigenvalue weighted by Gasteiger charge is -2.18. The Morgan fingerprint density at radius 3 is 2.49 bits per heavy atom. The normalized spacial score (nSPS) is 13.4. The fraction of sp³-hybridized carbons (Fsp3) is 0.222. The highest BCUT2D eigenvalue weighted by Gasteiger charge is 2.32. The lowest BCUT2D eigenvalue weighted by Crippen LogP contribution is -2.40. The van der Waals surface area contributed by atoms with Crippen molar-refractivity contribution in [2.45, 2.75) is 64.6 Å². The SMILES string of the molecule is CC(C)N1C=C(CCCOc2ccc(CC(=O)c3cc(OCc4cn[nH]n4)cc(-c4nc(-c5ccccc5)[nH]c4-c4n[nH]c(=O)n4C4CC4)c3)c(NC(=O)c3ccc(-c4cn(C)c(=O)c5[nH]ccc45)cc3)c2)NN1. The van der Waals surface area contributed by atoms with Crippen LogP contribution in [0.25, 0.3) is 56.2 Å². The fourth-order valence-electron chi connectivity index (χ4n) is 8.97. The van der Waals surface area contributed by atoms with Crippen molar-refractivity contribution in [3.8, 4) is 56.8 Å². The molecule has 1 fully saturated rings. The van der Waals surface area contributed by atoms with Gasteiger partial charge in [-0.25, -0.2) is 14.9 Å². The van der Waals surface area contributed by atoms with Gasteiger partial charge in [-0.05, 0) is 93.1 Å². The number of amides is 1. The summed E-state index contributed by atoms with van der Waals surface area (Å²) in [7, 11) is 1.70. The maximum Gasteiger partial charge on any atom is 0.343 e. The molecule has 374 valence electrons. The molecule has 6 heterocycles. The summed E-state index contributed by atoms with van der Waals surface area (Å²) in [5, 5.41) is 23.6. The largest absolute Gasteiger partial charge is 0.494 e. The molecule has 11 rings (SSSR count). The number of rotatable bonds is 19. The van der Waals surface area contributed by atoms with E-state index in [0.717, 1.165) is 47.0 Å². The van der Waals surface area contributed by atoms with Crippen molar-refractivity contribution in [3.63, 3.8) is 0 Å². The molecule has 2 aliphatic rings. The van der Waals surface area contributed by atoms with Crippen molar-refractivity contribution in [2.24, 2.45) is 7.05 Å². The van der Waals surface area contributed by atoms with Crippen molar-refractivity contribution in [1.29, 1.82) is 0 Å². The first-order valence-corrected chi connectivity index (χ1v) is 24.4. The van der Waals surface area contributed by atoms with Crippen LogP contribution in [0.4, 0.5) is 5.69 Å². The first kappa shape index (κ1) is 47.0. The highest BCUT2D eigenvalue weighted by molar-refractivity contribution is 6.06. The number of H-pyrrole nitrogens is 4. The number of hydrazine groups is 2. The minimum Gasteiger partial charge on any atom is -0.494 e. The van der Waals surface area contributed by atoms with Crippen LogP contribution < -0.4 is 37.0 Å². The number of nitrogens with one attached hydrogen (secondary N) is 7. The number of fused-ring (bicyclic) bond motifs is 1. The van der Waals surface area contributed by atoms with E-state index in [0.29, 0.717) is 86.7 Å². The molecule has 1 aliphatic heterocycles. The van der Waals surface area contributed by atoms with Crippen molar-refractivity contribution >= 4 is 28.3 Å². The Morgan fingerprint density at radius 2 is 1.72 bits per heavy atom. The number of allylic oxidation sites excluding steroid dienone is 1. The van der Waals surface area contributed by atoms with E-state index < -0.39 is 5.91 Å². The molecule has 0 radical (unpaired) electrons. The van der Waals surface area contributed by atoms with Gasteiger partial charge in [-0.3, -0.25) is 24.0 Å². The van der Waals surface area contributed by atoms with Gasteiger partial charge in [0.05, 0.1) is 12.8 Å². The maximum atomic E-state index is 14.8. The Morgan fingerprint density at radius 1 is 0.878 bits per heavy atom. The summed E-state index contributed by atoms with van der Waals surface area (Å²) in [5.41, 5.74) is 13.5. The molecule has 0 atom stereocenters. The van der Waals surface area contributed by atoms with E-state index in [9.17, 15) is 19.2 Å². The van der Waals surface area contributed by atoms with Crippen LogP contribution in [-0.2, 0) is 20.1 Å². The quantitative estimate of drug-likeness (QED) is 0.0305. The number of nitrogens with zero attached hydrogens (tertiary/aromatic N) is 7. The average molecular weight is 993 g/mol. The number of imidazole rings is 1. The zero-order valence-corrected chi connectivity index (χ0v) is 40.7. The van der Waals surface area contributed by atoms with Crippen molar-refractivity contribution in [2.75, 3.05) is 11.9 Å². The molecule has 1 saturated carbocycles. The second-order valence-electron chi connectivity index (χ2n) is 18.6. The van der Waals surface area contributed by atoms with Crippen LogP contribution in [-0.4, -0.2) is 79.0 Å². The maximum absolute atomic E-state index is 14.8. The molecule has 9 aromatic rings. The second-order valence-corrected chi connectivity index (χ2v) is 18.6. The molecule has 0 unspecified atom stereocenters. The number of carbonyl (C=O) groups excluding carboxylic acids is 2. The van der Waals surface area contributed by atoms with Gasteiger partial charge in [-0.1, -0.05) is 48.5 Å². The van der Waals surface area contributed by atoms with Crippen LogP contribution in [0, 0.1) is 0 Å². The number of aromatic amines is 4. The highest BCUT2D eigenvalue weighted by atomic mass is 16.5. The minimum absolute atomic E-state index is 0.00358. The number of Topliss-reactive ketones (excluding diaryl/α,β-unsaturated/α-hetero) is 1. The summed E-state index contributed by atoms with van der Waals surface area (Å²) >= 11 is 0. The molecule has 0 spiro atoms. The monoisotopic (exact) mass is 992 g/mol. The lowest BCUT2D eigenvalue weighted by molar-refractivity contribution is 0.0988. The van der Waals surface area contributed by atoms with Gasteiger partial charge in [0, 0.05) is 94.8 Å². The van der Waals surface area contributed by atoms with Crippen LogP contribution >= 0.6 is 0 Å². The van der Waals surface area contributed by atoms with E-state index in [1.807, 2.05) is 59.7 Å². The number of pyridine rings is 1. The van der Waals surface area contributed by atoms with Crippen molar-refractivity contribution in [1.82, 2.24) is 65.7 Å². The summed E-state index contributed by atoms with van der Waals surface area (Å²) in [4.78, 5) is 66.5. The molecular weight excluding hydrogens is 941 g/mol. The molecule has 0 bridgehead atoms. The number of ether oxygens (including phenoxy) is 2. The van der Waals surface area contributed by atoms with Gasteiger partial charge >= 0.3 is 5.69 Å². The smallest absolute Gasteiger partial charge is 0.343 e. The third-order valence-electron chi connectivity index (χ3n) is 13.0. The van der Waals surface area contributed by atoms with Crippen LogP contribution in [0.3, 0.4) is 0 Å². The predicted molar refractivity (Wildman–Crippen MR) is 278 cm³/mol. The Bertz CT molecular complexity index is 3680. The lowest BCUT2D eigenvalue weighted by atomic mass is 9.98. The van der Waals surface area contributed by atoms with Crippen LogP contribution in [0.1, 0.15) is 77.5 Å². The Labute approximate surface area is 422 Å². The van der Waals surface area contributed by atoms with Crippen LogP contribution in [0.15, 0.2) is 137 Å². The van der Waals surface area contributed by atoms with Gasteiger partial charge in [0.1, 0.15) is 46.5 Å². The van der Waals surface area contributed by atoms with Crippen LogP contribution in [0.5, 0.6) is 11.5 Å². The van der Waals surface area contributed by atoms with Gasteiger partial charge in [-0.15, -0.1) is 5.53 Å². The van der Waals surface area contributed by atoms with E-state index in [4.69, 9.17) is 14.5 Å². The van der Waals surface area contributed by atoms with E-state index >= 15 is 0 Å². The van der Waals surface area contributed by atoms with Crippen molar-refractivity contribution in [3.05, 3.63) is 171 Å². The summed E-state index contributed by atoms with van der Waals surface area (Å²) in [6, 6.07) is 29.4. The molecule has 20 nitrogen and oxygen atoms in total. The summed E-state index contributed by atoms with van der Waals surface area (Å²) in [6.07, 6.45) is 10.1. The average Bonchev–Trinajstić information content (AvgIpc) is 4.03. The summed E-state index contributed by atoms with van der Waals surface area (Å²) in [5.74, 6) is 1.13. The van der Waals surface area contributed by atoms with Gasteiger partial charge in [0.2, 0.25) is 0 Å². The number of carbonyl (C=O) groups is 2. The van der Waals surface area contributed by atoms with Gasteiger partial charge < -0.3 is 34.8 Å². The molecule has 5 aromatic heterocycles. The van der Waals surface area contributed by atoms with Gasteiger partial charge in [0.15, 0.2) is 11.6 Å². The van der Waals surface area contributed by atoms with Gasteiger partial charge in [-0.2, -0.15) is 20.5 Å². The first-order valence-electron chi connectivity index (χ1n) is 24.4. The number of benzene rings is 4. The minimum atomic E-state index is -0.398. The molecule has 0 saturated heterocycles. The van der Waals surface area contributed by atoms with E-state index in [-0.39, 0.29) is 42.1 Å². The zero-order valence-electron chi connectivity index (χ0n) is 40.7. The molecule has 4 aromatic carbocycles. The number of hydrogen-bond acceptors (Lipinski definition) is 13. The molecule has 20 heteroatoms. The topological polar surface area (TPSA) is 251 Å². The van der Waals surface area contributed by atoms with Gasteiger partial charge in [0.25, 0.3) is 11.5 Å². The number of hydrogen-bond donors (Lipinski definition) is 7. The summed E-state index contributed by atoms with van der Waals surface area (Å²) < 4.78 is 15.7. The molecule has 7 N–H and O–H groups in total. The zero-order chi connectivity index (χ0) is 50.9. The molecule has 1 amide bonds. The first-order chi connectivity index (χ1) is 36.0. The third kappa shape index (κ3) is 9.85. The van der Waals surface area contributed by atoms with Crippen LogP contribution in [0.2, 0.25) is 0 Å². The molecule has 74 heavy (non-hydrogen) atoms. The standard InChI is InChI=1S/C54H52N14O6/c1-31(2)67-28-38(61-65-67)10-7-21-73-41-18-15-35(45(26-41)57-52(70)34-13-11-32(12-14-34)44-29-66(3)53(71)48-43(44)19-20-55-48)25-46(69)36-22-37(24-42(23-36)74-30-39-27-56-64-60-39)47-49(51-62-63-54(72)68(51)40-16-17-40)59-50(58-47)33-8-5-4-6-9-33/h4-6,8-9,11-15,18-20,22-24,26-29,31,40,55,61,65H,7,10,16-17,21,25,30H2,1-3H3,(H,57,70)(H,58,59)(H,63,72)(H,56,60,64). The Hall–Kier alpha value is -9.30. The second kappa shape index (κ2) is 20.1. The third-order valence-corrected chi connectivity index (χ3v) is 13.0. The number of anilines is 1. The van der Waals surface area contributed by atoms with E-state index in [1.165, 1.54) is 4.57 Å². The fourth-order valence-corrected chi connectivity index (χ4v) is 8.97. The number of aryl methyl sites for hydroxylation is 1.